The van der Waals surface area contributed by atoms with Gasteiger partial charge in [-0.15, -0.1) is 0 Å². The predicted octanol–water partition coefficient (Wildman–Crippen LogP) is 1.02. The first-order valence-electron chi connectivity index (χ1n) is 3.40. The topological polar surface area (TPSA) is 51.8 Å². The molecule has 11 heavy (non-hydrogen) atoms. The van der Waals surface area contributed by atoms with E-state index in [1.54, 1.807) is 12.4 Å². The summed E-state index contributed by atoms with van der Waals surface area (Å²) in [5.74, 6) is 0.740. The van der Waals surface area contributed by atoms with Crippen LogP contribution in [-0.4, -0.2) is 16.0 Å². The van der Waals surface area contributed by atoms with Gasteiger partial charge in [-0.3, -0.25) is 0 Å². The number of aromatic nitrogens is 2. The van der Waals surface area contributed by atoms with Crippen LogP contribution < -0.4 is 5.73 Å². The van der Waals surface area contributed by atoms with Gasteiger partial charge in [-0.2, -0.15) is 0 Å². The third kappa shape index (κ3) is 2.82. The van der Waals surface area contributed by atoms with Crippen LogP contribution in [-0.2, 0) is 6.42 Å². The van der Waals surface area contributed by atoms with E-state index in [-0.39, 0.29) is 6.04 Å². The molecule has 1 aromatic heterocycles. The zero-order valence-corrected chi connectivity index (χ0v) is 7.04. The summed E-state index contributed by atoms with van der Waals surface area (Å²) in [6.45, 7) is 1.91. The number of nitrogens with two attached hydrogens (primary N) is 1. The molecule has 60 valence electrons. The minimum absolute atomic E-state index is 0.0937. The molecule has 0 fully saturated rings. The van der Waals surface area contributed by atoms with E-state index in [0.717, 1.165) is 5.82 Å². The maximum Gasteiger partial charge on any atom is 0.129 e. The Bertz CT molecular complexity index is 220. The van der Waals surface area contributed by atoms with Gasteiger partial charge in [-0.1, -0.05) is 11.6 Å². The summed E-state index contributed by atoms with van der Waals surface area (Å²) >= 11 is 5.59. The van der Waals surface area contributed by atoms with Crippen molar-refractivity contribution in [3.05, 3.63) is 23.2 Å². The molecule has 0 radical (unpaired) electrons. The van der Waals surface area contributed by atoms with Crippen molar-refractivity contribution in [2.45, 2.75) is 19.4 Å². The highest BCUT2D eigenvalue weighted by Crippen LogP contribution is 2.03. The highest BCUT2D eigenvalue weighted by molar-refractivity contribution is 6.30. The fourth-order valence-corrected chi connectivity index (χ4v) is 0.830. The first kappa shape index (κ1) is 8.43. The molecular formula is C7H10ClN3. The summed E-state index contributed by atoms with van der Waals surface area (Å²) in [6, 6.07) is 0.0937. The molecule has 0 spiro atoms. The van der Waals surface area contributed by atoms with E-state index >= 15 is 0 Å². The average Bonchev–Trinajstić information content (AvgIpc) is 1.93. The van der Waals surface area contributed by atoms with Crippen LogP contribution in [0.25, 0.3) is 0 Å². The van der Waals surface area contributed by atoms with Crippen LogP contribution >= 0.6 is 11.6 Å². The second-order valence-electron chi connectivity index (χ2n) is 2.50. The number of halogens is 1. The Morgan fingerprint density at radius 1 is 1.55 bits per heavy atom. The summed E-state index contributed by atoms with van der Waals surface area (Å²) in [5.41, 5.74) is 5.55. The van der Waals surface area contributed by atoms with Gasteiger partial charge in [0.25, 0.3) is 0 Å². The molecule has 1 atom stereocenters. The molecule has 1 aromatic rings. The lowest BCUT2D eigenvalue weighted by molar-refractivity contribution is 0.701. The van der Waals surface area contributed by atoms with E-state index < -0.39 is 0 Å². The lowest BCUT2D eigenvalue weighted by atomic mass is 10.2. The maximum absolute atomic E-state index is 5.59. The SMILES string of the molecule is CC(N)Cc1ncc(Cl)cn1. The molecule has 0 bridgehead atoms. The third-order valence-corrected chi connectivity index (χ3v) is 1.37. The second kappa shape index (κ2) is 3.64. The third-order valence-electron chi connectivity index (χ3n) is 1.18. The van der Waals surface area contributed by atoms with Gasteiger partial charge in [0.15, 0.2) is 0 Å². The van der Waals surface area contributed by atoms with E-state index in [1.807, 2.05) is 6.92 Å². The van der Waals surface area contributed by atoms with E-state index in [0.29, 0.717) is 11.4 Å². The molecule has 4 heteroatoms. The van der Waals surface area contributed by atoms with Gasteiger partial charge in [0, 0.05) is 24.9 Å². The molecule has 0 aliphatic carbocycles. The lowest BCUT2D eigenvalue weighted by Gasteiger charge is -2.01. The van der Waals surface area contributed by atoms with Gasteiger partial charge in [0.05, 0.1) is 5.02 Å². The van der Waals surface area contributed by atoms with Crippen molar-refractivity contribution >= 4 is 11.6 Å². The first-order valence-corrected chi connectivity index (χ1v) is 3.78. The maximum atomic E-state index is 5.59. The van der Waals surface area contributed by atoms with Gasteiger partial charge < -0.3 is 5.73 Å². The summed E-state index contributed by atoms with van der Waals surface area (Å²) in [7, 11) is 0. The van der Waals surface area contributed by atoms with Gasteiger partial charge in [0.1, 0.15) is 5.82 Å². The number of rotatable bonds is 2. The van der Waals surface area contributed by atoms with E-state index in [9.17, 15) is 0 Å². The largest absolute Gasteiger partial charge is 0.328 e. The summed E-state index contributed by atoms with van der Waals surface area (Å²) in [5, 5.41) is 0.554. The highest BCUT2D eigenvalue weighted by Gasteiger charge is 1.99. The molecule has 0 saturated carbocycles. The molecular weight excluding hydrogens is 162 g/mol. The van der Waals surface area contributed by atoms with Gasteiger partial charge in [-0.25, -0.2) is 9.97 Å². The Hall–Kier alpha value is -0.670. The van der Waals surface area contributed by atoms with E-state index in [4.69, 9.17) is 17.3 Å². The van der Waals surface area contributed by atoms with E-state index in [2.05, 4.69) is 9.97 Å². The average molecular weight is 172 g/mol. The minimum atomic E-state index is 0.0937. The molecule has 0 saturated heterocycles. The van der Waals surface area contributed by atoms with Crippen LogP contribution in [0.5, 0.6) is 0 Å². The first-order chi connectivity index (χ1) is 5.18. The molecule has 0 aliphatic heterocycles. The van der Waals surface area contributed by atoms with Gasteiger partial charge in [-0.05, 0) is 6.92 Å². The molecule has 3 nitrogen and oxygen atoms in total. The van der Waals surface area contributed by atoms with Crippen molar-refractivity contribution in [3.63, 3.8) is 0 Å². The molecule has 0 aliphatic rings. The summed E-state index contributed by atoms with van der Waals surface area (Å²) in [6.07, 6.45) is 3.84. The van der Waals surface area contributed by atoms with Crippen LogP contribution in [0.3, 0.4) is 0 Å². The van der Waals surface area contributed by atoms with Crippen LogP contribution in [0.15, 0.2) is 12.4 Å². The van der Waals surface area contributed by atoms with Crippen molar-refractivity contribution < 1.29 is 0 Å². The minimum Gasteiger partial charge on any atom is -0.328 e. The van der Waals surface area contributed by atoms with Crippen LogP contribution in [0, 0.1) is 0 Å². The molecule has 2 N–H and O–H groups in total. The van der Waals surface area contributed by atoms with E-state index in [1.165, 1.54) is 0 Å². The van der Waals surface area contributed by atoms with Crippen LogP contribution in [0.4, 0.5) is 0 Å². The molecule has 1 rings (SSSR count). The van der Waals surface area contributed by atoms with Gasteiger partial charge in [0.2, 0.25) is 0 Å². The second-order valence-corrected chi connectivity index (χ2v) is 2.94. The van der Waals surface area contributed by atoms with Crippen molar-refractivity contribution in [3.8, 4) is 0 Å². The Kier molecular flexibility index (Phi) is 2.79. The molecule has 0 aromatic carbocycles. The zero-order valence-electron chi connectivity index (χ0n) is 6.29. The van der Waals surface area contributed by atoms with Crippen molar-refractivity contribution in [2.75, 3.05) is 0 Å². The Morgan fingerprint density at radius 3 is 2.55 bits per heavy atom. The summed E-state index contributed by atoms with van der Waals surface area (Å²) < 4.78 is 0. The fraction of sp³-hybridized carbons (Fsp3) is 0.429. The molecule has 0 amide bonds. The lowest BCUT2D eigenvalue weighted by Crippen LogP contribution is -2.19. The zero-order chi connectivity index (χ0) is 8.27. The van der Waals surface area contributed by atoms with Gasteiger partial charge >= 0.3 is 0 Å². The highest BCUT2D eigenvalue weighted by atomic mass is 35.5. The summed E-state index contributed by atoms with van der Waals surface area (Å²) in [4.78, 5) is 7.99. The number of hydrogen-bond donors (Lipinski definition) is 1. The normalized spacial score (nSPS) is 13.0. The standard InChI is InChI=1S/C7H10ClN3/c1-5(9)2-7-10-3-6(8)4-11-7/h3-5H,2,9H2,1H3. The van der Waals surface area contributed by atoms with Crippen molar-refractivity contribution in [1.82, 2.24) is 9.97 Å². The number of hydrogen-bond acceptors (Lipinski definition) is 3. The quantitative estimate of drug-likeness (QED) is 0.723. The Balaban J connectivity index is 2.66. The molecule has 1 unspecified atom stereocenters. The monoisotopic (exact) mass is 171 g/mol. The predicted molar refractivity (Wildman–Crippen MR) is 44.4 cm³/mol. The van der Waals surface area contributed by atoms with Crippen LogP contribution in [0.1, 0.15) is 12.7 Å². The smallest absolute Gasteiger partial charge is 0.129 e. The fourth-order valence-electron chi connectivity index (χ4n) is 0.732. The van der Waals surface area contributed by atoms with Crippen LogP contribution in [0.2, 0.25) is 5.02 Å². The van der Waals surface area contributed by atoms with Crippen molar-refractivity contribution in [2.24, 2.45) is 5.73 Å². The number of nitrogens with zero attached hydrogens (tertiary/aromatic N) is 2. The Morgan fingerprint density at radius 2 is 2.09 bits per heavy atom. The molecule has 1 heterocycles. The van der Waals surface area contributed by atoms with Crippen molar-refractivity contribution in [1.29, 1.82) is 0 Å². The Labute approximate surface area is 70.6 Å².